The summed E-state index contributed by atoms with van der Waals surface area (Å²) < 4.78 is 23.4. The quantitative estimate of drug-likeness (QED) is 0.434. The average Bonchev–Trinajstić information content (AvgIpc) is 3.16. The number of hydrogen-bond donors (Lipinski definition) is 1. The molecule has 0 spiro atoms. The molecule has 0 saturated carbocycles. The largest absolute Gasteiger partial charge is 0.461 e. The highest BCUT2D eigenvalue weighted by Gasteiger charge is 2.55. The molecule has 0 aromatic rings. The number of aliphatic hydroxyl groups excluding tert-OH is 1. The Labute approximate surface area is 165 Å². The first-order chi connectivity index (χ1) is 13.2. The van der Waals surface area contributed by atoms with E-state index in [-0.39, 0.29) is 24.1 Å². The van der Waals surface area contributed by atoms with Crippen LogP contribution in [0.3, 0.4) is 0 Å². The van der Waals surface area contributed by atoms with Crippen molar-refractivity contribution < 1.29 is 33.6 Å². The fourth-order valence-electron chi connectivity index (χ4n) is 4.35. The summed E-state index contributed by atoms with van der Waals surface area (Å²) in [5, 5.41) is 9.99. The standard InChI is InChI=1S/C21H30O7/c1-6-12(2)18(23)27-16-10-20(4)7-8-21(25-5,28-20)14(11-22)9-15-17(16)13(3)19(24)26-15/h9,12,15-17,22H,3,6-8,10-11H2,1-2,4-5H3/b14-9-/t12-,15-,16-,17+,20+,21-/m1/s1. The van der Waals surface area contributed by atoms with E-state index in [2.05, 4.69) is 6.58 Å². The highest BCUT2D eigenvalue weighted by atomic mass is 16.7. The molecule has 2 fully saturated rings. The minimum absolute atomic E-state index is 0.253. The molecule has 28 heavy (non-hydrogen) atoms. The summed E-state index contributed by atoms with van der Waals surface area (Å²) in [6, 6.07) is 0. The molecule has 3 heterocycles. The molecule has 7 nitrogen and oxygen atoms in total. The van der Waals surface area contributed by atoms with Gasteiger partial charge in [-0.3, -0.25) is 4.79 Å². The Morgan fingerprint density at radius 2 is 2.18 bits per heavy atom. The number of fused-ring (bicyclic) bond motifs is 3. The van der Waals surface area contributed by atoms with Crippen molar-refractivity contribution in [2.24, 2.45) is 11.8 Å². The Bertz CT molecular complexity index is 699. The van der Waals surface area contributed by atoms with Crippen LogP contribution in [0.25, 0.3) is 0 Å². The zero-order valence-electron chi connectivity index (χ0n) is 17.0. The molecule has 0 radical (unpaired) electrons. The maximum absolute atomic E-state index is 12.6. The maximum atomic E-state index is 12.6. The average molecular weight is 394 g/mol. The highest BCUT2D eigenvalue weighted by molar-refractivity contribution is 5.91. The molecule has 3 rings (SSSR count). The second-order valence-electron chi connectivity index (χ2n) is 8.27. The van der Waals surface area contributed by atoms with Crippen LogP contribution in [0.1, 0.15) is 46.5 Å². The number of carbonyl (C=O) groups excluding carboxylic acids is 2. The molecule has 6 atom stereocenters. The summed E-state index contributed by atoms with van der Waals surface area (Å²) in [6.07, 6.45) is 2.59. The van der Waals surface area contributed by atoms with Crippen LogP contribution in [0.2, 0.25) is 0 Å². The monoisotopic (exact) mass is 394 g/mol. The van der Waals surface area contributed by atoms with Crippen LogP contribution >= 0.6 is 0 Å². The zero-order valence-corrected chi connectivity index (χ0v) is 17.0. The summed E-state index contributed by atoms with van der Waals surface area (Å²) in [7, 11) is 1.53. The van der Waals surface area contributed by atoms with Crippen molar-refractivity contribution in [1.29, 1.82) is 0 Å². The van der Waals surface area contributed by atoms with Gasteiger partial charge in [0.05, 0.1) is 24.0 Å². The SMILES string of the molecule is C=C1C(=O)O[C@@H]2/C=C(/CO)[C@@]3(OC)CC[C@@](C)(C[C@@H](OC(=O)[C@H](C)CC)[C@@H]12)O3. The fraction of sp³-hybridized carbons (Fsp3) is 0.714. The Balaban J connectivity index is 2.05. The molecule has 0 unspecified atom stereocenters. The normalized spacial score (nSPS) is 40.5. The molecule has 0 aliphatic carbocycles. The second-order valence-corrected chi connectivity index (χ2v) is 8.27. The van der Waals surface area contributed by atoms with Gasteiger partial charge in [-0.1, -0.05) is 20.4 Å². The van der Waals surface area contributed by atoms with E-state index in [0.29, 0.717) is 31.3 Å². The molecule has 0 amide bonds. The first-order valence-electron chi connectivity index (χ1n) is 9.86. The second kappa shape index (κ2) is 7.61. The number of esters is 2. The molecule has 3 aliphatic rings. The van der Waals surface area contributed by atoms with E-state index < -0.39 is 35.5 Å². The minimum Gasteiger partial charge on any atom is -0.461 e. The zero-order chi connectivity index (χ0) is 20.7. The van der Waals surface area contributed by atoms with Crippen molar-refractivity contribution in [2.75, 3.05) is 13.7 Å². The van der Waals surface area contributed by atoms with Gasteiger partial charge in [0, 0.05) is 31.1 Å². The first-order valence-corrected chi connectivity index (χ1v) is 9.86. The predicted molar refractivity (Wildman–Crippen MR) is 100 cm³/mol. The van der Waals surface area contributed by atoms with Gasteiger partial charge in [0.1, 0.15) is 12.2 Å². The van der Waals surface area contributed by atoms with Crippen LogP contribution in [0.4, 0.5) is 0 Å². The van der Waals surface area contributed by atoms with Crippen molar-refractivity contribution >= 4 is 11.9 Å². The summed E-state index contributed by atoms with van der Waals surface area (Å²) in [6.45, 7) is 9.26. The summed E-state index contributed by atoms with van der Waals surface area (Å²) in [5.41, 5.74) is 0.129. The van der Waals surface area contributed by atoms with Crippen LogP contribution < -0.4 is 0 Å². The van der Waals surface area contributed by atoms with Gasteiger partial charge in [-0.2, -0.15) is 0 Å². The lowest BCUT2D eigenvalue weighted by Gasteiger charge is -2.35. The van der Waals surface area contributed by atoms with Crippen LogP contribution in [0.5, 0.6) is 0 Å². The number of ether oxygens (including phenoxy) is 4. The number of aliphatic hydroxyl groups is 1. The number of methoxy groups -OCH3 is 1. The molecule has 0 aromatic carbocycles. The highest BCUT2D eigenvalue weighted by Crippen LogP contribution is 2.49. The molecule has 156 valence electrons. The fourth-order valence-corrected chi connectivity index (χ4v) is 4.35. The van der Waals surface area contributed by atoms with E-state index in [1.54, 1.807) is 6.08 Å². The third-order valence-corrected chi connectivity index (χ3v) is 6.33. The van der Waals surface area contributed by atoms with Crippen LogP contribution in [0, 0.1) is 11.8 Å². The Hall–Kier alpha value is -1.70. The van der Waals surface area contributed by atoms with E-state index in [4.69, 9.17) is 18.9 Å². The van der Waals surface area contributed by atoms with Gasteiger partial charge in [0.25, 0.3) is 0 Å². The molecule has 2 bridgehead atoms. The van der Waals surface area contributed by atoms with Crippen molar-refractivity contribution in [3.63, 3.8) is 0 Å². The number of hydrogen-bond acceptors (Lipinski definition) is 7. The summed E-state index contributed by atoms with van der Waals surface area (Å²) >= 11 is 0. The van der Waals surface area contributed by atoms with E-state index in [1.165, 1.54) is 7.11 Å². The number of rotatable bonds is 5. The Kier molecular flexibility index (Phi) is 5.71. The van der Waals surface area contributed by atoms with Gasteiger partial charge < -0.3 is 24.1 Å². The molecule has 2 saturated heterocycles. The smallest absolute Gasteiger partial charge is 0.334 e. The lowest BCUT2D eigenvalue weighted by Crippen LogP contribution is -2.41. The third-order valence-electron chi connectivity index (χ3n) is 6.33. The summed E-state index contributed by atoms with van der Waals surface area (Å²) in [4.78, 5) is 24.8. The Morgan fingerprint density at radius 1 is 1.46 bits per heavy atom. The van der Waals surface area contributed by atoms with Crippen molar-refractivity contribution in [3.05, 3.63) is 23.8 Å². The van der Waals surface area contributed by atoms with Crippen molar-refractivity contribution in [3.8, 4) is 0 Å². The van der Waals surface area contributed by atoms with Gasteiger partial charge in [-0.25, -0.2) is 4.79 Å². The molecule has 3 aliphatic heterocycles. The van der Waals surface area contributed by atoms with Crippen LogP contribution in [-0.4, -0.2) is 54.4 Å². The first kappa shape index (κ1) is 21.0. The van der Waals surface area contributed by atoms with Gasteiger partial charge in [-0.15, -0.1) is 0 Å². The van der Waals surface area contributed by atoms with Crippen LogP contribution in [0.15, 0.2) is 23.8 Å². The molecule has 1 N–H and O–H groups in total. The van der Waals surface area contributed by atoms with Gasteiger partial charge in [0.2, 0.25) is 0 Å². The van der Waals surface area contributed by atoms with Gasteiger partial charge in [-0.05, 0) is 25.8 Å². The van der Waals surface area contributed by atoms with Crippen molar-refractivity contribution in [1.82, 2.24) is 0 Å². The number of carbonyl (C=O) groups is 2. The van der Waals surface area contributed by atoms with E-state index in [0.717, 1.165) is 0 Å². The third kappa shape index (κ3) is 3.51. The van der Waals surface area contributed by atoms with Crippen LogP contribution in [-0.2, 0) is 28.5 Å². The van der Waals surface area contributed by atoms with Crippen molar-refractivity contribution in [2.45, 2.75) is 70.1 Å². The van der Waals surface area contributed by atoms with E-state index >= 15 is 0 Å². The van der Waals surface area contributed by atoms with E-state index in [1.807, 2.05) is 20.8 Å². The summed E-state index contributed by atoms with van der Waals surface area (Å²) in [5.74, 6) is -2.70. The predicted octanol–water partition coefficient (Wildman–Crippen LogP) is 2.28. The molecule has 7 heteroatoms. The van der Waals surface area contributed by atoms with E-state index in [9.17, 15) is 14.7 Å². The van der Waals surface area contributed by atoms with Gasteiger partial charge >= 0.3 is 11.9 Å². The lowest BCUT2D eigenvalue weighted by atomic mass is 9.81. The molecule has 0 aromatic heterocycles. The molecular formula is C21H30O7. The molecular weight excluding hydrogens is 364 g/mol. The minimum atomic E-state index is -1.08. The maximum Gasteiger partial charge on any atom is 0.334 e. The topological polar surface area (TPSA) is 91.3 Å². The van der Waals surface area contributed by atoms with Gasteiger partial charge in [0.15, 0.2) is 5.79 Å². The lowest BCUT2D eigenvalue weighted by molar-refractivity contribution is -0.221. The Morgan fingerprint density at radius 3 is 2.79 bits per heavy atom.